The second-order valence-electron chi connectivity index (χ2n) is 4.84. The first-order valence-corrected chi connectivity index (χ1v) is 5.88. The van der Waals surface area contributed by atoms with Gasteiger partial charge in [-0.3, -0.25) is 0 Å². The van der Waals surface area contributed by atoms with Crippen molar-refractivity contribution in [1.29, 1.82) is 0 Å². The van der Waals surface area contributed by atoms with Crippen molar-refractivity contribution in [3.63, 3.8) is 0 Å². The third-order valence-corrected chi connectivity index (χ3v) is 3.82. The Hall–Kier alpha value is -0.780. The molecular formula is C10H13F3N2S. The lowest BCUT2D eigenvalue weighted by atomic mass is 9.93. The van der Waals surface area contributed by atoms with Crippen LogP contribution >= 0.6 is 11.3 Å². The van der Waals surface area contributed by atoms with Crippen molar-refractivity contribution in [3.05, 3.63) is 11.1 Å². The van der Waals surface area contributed by atoms with Crippen molar-refractivity contribution in [2.24, 2.45) is 5.41 Å². The summed E-state index contributed by atoms with van der Waals surface area (Å²) in [6.07, 6.45) is -2.36. The van der Waals surface area contributed by atoms with E-state index < -0.39 is 11.1 Å². The van der Waals surface area contributed by atoms with Crippen LogP contribution in [0.1, 0.15) is 25.1 Å². The minimum absolute atomic E-state index is 0.171. The molecule has 0 unspecified atom stereocenters. The molecule has 0 spiro atoms. The molecule has 90 valence electrons. The lowest BCUT2D eigenvalue weighted by molar-refractivity contribution is -0.134. The van der Waals surface area contributed by atoms with Crippen LogP contribution in [0.4, 0.5) is 18.3 Å². The smallest absolute Gasteiger partial charge is 0.348 e. The van der Waals surface area contributed by atoms with E-state index in [9.17, 15) is 13.2 Å². The van der Waals surface area contributed by atoms with E-state index in [4.69, 9.17) is 0 Å². The summed E-state index contributed by atoms with van der Waals surface area (Å²) in [6, 6.07) is 0. The molecule has 1 aromatic rings. The van der Waals surface area contributed by atoms with E-state index in [1.807, 2.05) is 4.90 Å². The predicted octanol–water partition coefficient (Wildman–Crippen LogP) is 3.40. The number of nitrogens with zero attached hydrogens (tertiary/aromatic N) is 2. The Morgan fingerprint density at radius 1 is 1.44 bits per heavy atom. The maximum atomic E-state index is 12.4. The first-order valence-electron chi connectivity index (χ1n) is 5.06. The highest BCUT2D eigenvalue weighted by Gasteiger charge is 2.36. The average molecular weight is 250 g/mol. The van der Waals surface area contributed by atoms with Crippen molar-refractivity contribution in [2.45, 2.75) is 26.4 Å². The summed E-state index contributed by atoms with van der Waals surface area (Å²) in [6.45, 7) is 5.80. The third-order valence-electron chi connectivity index (χ3n) is 2.72. The van der Waals surface area contributed by atoms with Gasteiger partial charge in [-0.1, -0.05) is 25.2 Å². The molecule has 16 heavy (non-hydrogen) atoms. The zero-order valence-corrected chi connectivity index (χ0v) is 9.95. The highest BCUT2D eigenvalue weighted by atomic mass is 32.1. The molecule has 6 heteroatoms. The predicted molar refractivity (Wildman–Crippen MR) is 57.7 cm³/mol. The van der Waals surface area contributed by atoms with Gasteiger partial charge in [0.1, 0.15) is 4.88 Å². The SMILES string of the molecule is CC1(C)CCN(c2ncc(C(F)(F)F)s2)C1. The number of anilines is 1. The van der Waals surface area contributed by atoms with Crippen LogP contribution in [0.15, 0.2) is 6.20 Å². The second-order valence-corrected chi connectivity index (χ2v) is 5.85. The van der Waals surface area contributed by atoms with Crippen molar-refractivity contribution in [2.75, 3.05) is 18.0 Å². The molecule has 2 rings (SSSR count). The third kappa shape index (κ3) is 2.31. The Kier molecular flexibility index (Phi) is 2.64. The first kappa shape index (κ1) is 11.7. The highest BCUT2D eigenvalue weighted by molar-refractivity contribution is 7.15. The zero-order chi connectivity index (χ0) is 12.0. The van der Waals surface area contributed by atoms with Crippen LogP contribution in [0, 0.1) is 5.41 Å². The van der Waals surface area contributed by atoms with E-state index in [2.05, 4.69) is 18.8 Å². The zero-order valence-electron chi connectivity index (χ0n) is 9.14. The molecule has 2 nitrogen and oxygen atoms in total. The molecule has 0 aliphatic carbocycles. The first-order chi connectivity index (χ1) is 7.28. The summed E-state index contributed by atoms with van der Waals surface area (Å²) in [4.78, 5) is 5.17. The number of aromatic nitrogens is 1. The van der Waals surface area contributed by atoms with E-state index in [-0.39, 0.29) is 5.41 Å². The van der Waals surface area contributed by atoms with Crippen molar-refractivity contribution >= 4 is 16.5 Å². The molecule has 0 saturated carbocycles. The Morgan fingerprint density at radius 3 is 2.56 bits per heavy atom. The number of hydrogen-bond donors (Lipinski definition) is 0. The summed E-state index contributed by atoms with van der Waals surface area (Å²) in [7, 11) is 0. The van der Waals surface area contributed by atoms with Crippen LogP contribution in [0.2, 0.25) is 0 Å². The van der Waals surface area contributed by atoms with Crippen molar-refractivity contribution < 1.29 is 13.2 Å². The van der Waals surface area contributed by atoms with Crippen LogP contribution < -0.4 is 4.90 Å². The van der Waals surface area contributed by atoms with E-state index in [0.29, 0.717) is 5.13 Å². The molecule has 2 heterocycles. The van der Waals surface area contributed by atoms with Gasteiger partial charge in [-0.05, 0) is 11.8 Å². The molecule has 0 N–H and O–H groups in total. The van der Waals surface area contributed by atoms with Gasteiger partial charge in [-0.25, -0.2) is 4.98 Å². The van der Waals surface area contributed by atoms with Gasteiger partial charge in [0.25, 0.3) is 0 Å². The Morgan fingerprint density at radius 2 is 2.12 bits per heavy atom. The Labute approximate surface area is 96.1 Å². The van der Waals surface area contributed by atoms with E-state index in [1.54, 1.807) is 0 Å². The molecule has 0 bridgehead atoms. The van der Waals surface area contributed by atoms with Gasteiger partial charge < -0.3 is 4.90 Å². The van der Waals surface area contributed by atoms with Gasteiger partial charge in [0.15, 0.2) is 5.13 Å². The van der Waals surface area contributed by atoms with Gasteiger partial charge in [0, 0.05) is 13.1 Å². The molecule has 0 aromatic carbocycles. The molecule has 1 aliphatic heterocycles. The van der Waals surface area contributed by atoms with Gasteiger partial charge in [0.2, 0.25) is 0 Å². The molecule has 0 atom stereocenters. The summed E-state index contributed by atoms with van der Waals surface area (Å²) < 4.78 is 37.2. The lowest BCUT2D eigenvalue weighted by Crippen LogP contribution is -2.22. The standard InChI is InChI=1S/C10H13F3N2S/c1-9(2)3-4-15(6-9)8-14-5-7(16-8)10(11,12)13/h5H,3-4,6H2,1-2H3. The van der Waals surface area contributed by atoms with E-state index in [0.717, 1.165) is 37.0 Å². The van der Waals surface area contributed by atoms with E-state index >= 15 is 0 Å². The van der Waals surface area contributed by atoms with Crippen molar-refractivity contribution in [3.8, 4) is 0 Å². The van der Waals surface area contributed by atoms with E-state index in [1.165, 1.54) is 0 Å². The fraction of sp³-hybridized carbons (Fsp3) is 0.700. The van der Waals surface area contributed by atoms with Gasteiger partial charge in [-0.2, -0.15) is 13.2 Å². The maximum absolute atomic E-state index is 12.4. The average Bonchev–Trinajstić information content (AvgIpc) is 2.68. The Balaban J connectivity index is 2.15. The number of alkyl halides is 3. The maximum Gasteiger partial charge on any atom is 0.427 e. The molecule has 1 aliphatic rings. The van der Waals surface area contributed by atoms with Crippen LogP contribution in [0.5, 0.6) is 0 Å². The van der Waals surface area contributed by atoms with Crippen LogP contribution in [-0.2, 0) is 6.18 Å². The van der Waals surface area contributed by atoms with Crippen molar-refractivity contribution in [1.82, 2.24) is 4.98 Å². The fourth-order valence-corrected chi connectivity index (χ4v) is 2.63. The van der Waals surface area contributed by atoms with Crippen LogP contribution in [0.25, 0.3) is 0 Å². The second kappa shape index (κ2) is 3.61. The monoisotopic (exact) mass is 250 g/mol. The minimum atomic E-state index is -4.27. The quantitative estimate of drug-likeness (QED) is 0.759. The van der Waals surface area contributed by atoms with Crippen LogP contribution in [0.3, 0.4) is 0 Å². The summed E-state index contributed by atoms with van der Waals surface area (Å²) in [5, 5.41) is 0.484. The van der Waals surface area contributed by atoms with Gasteiger partial charge >= 0.3 is 6.18 Å². The number of thiazole rings is 1. The van der Waals surface area contributed by atoms with Gasteiger partial charge in [-0.15, -0.1) is 0 Å². The summed E-state index contributed by atoms with van der Waals surface area (Å²) in [5.41, 5.74) is 0.171. The number of hydrogen-bond acceptors (Lipinski definition) is 3. The lowest BCUT2D eigenvalue weighted by Gasteiger charge is -2.18. The molecule has 1 aromatic heterocycles. The molecule has 0 amide bonds. The topological polar surface area (TPSA) is 16.1 Å². The molecule has 1 saturated heterocycles. The normalized spacial score (nSPS) is 20.4. The summed E-state index contributed by atoms with van der Waals surface area (Å²) in [5.74, 6) is 0. The molecule has 0 radical (unpaired) electrons. The number of halogens is 3. The number of rotatable bonds is 1. The largest absolute Gasteiger partial charge is 0.427 e. The fourth-order valence-electron chi connectivity index (χ4n) is 1.82. The summed E-state index contributed by atoms with van der Waals surface area (Å²) >= 11 is 0.728. The van der Waals surface area contributed by atoms with Gasteiger partial charge in [0.05, 0.1) is 6.20 Å². The van der Waals surface area contributed by atoms with Crippen LogP contribution in [-0.4, -0.2) is 18.1 Å². The minimum Gasteiger partial charge on any atom is -0.348 e. The molecular weight excluding hydrogens is 237 g/mol. The molecule has 1 fully saturated rings. The Bertz CT molecular complexity index is 384. The highest BCUT2D eigenvalue weighted by Crippen LogP contribution is 2.39.